The normalized spacial score (nSPS) is 16.0. The molecule has 1 aromatic carbocycles. The Labute approximate surface area is 163 Å². The summed E-state index contributed by atoms with van der Waals surface area (Å²) in [5.41, 5.74) is 2.18. The van der Waals surface area contributed by atoms with Gasteiger partial charge in [-0.1, -0.05) is 24.9 Å². The molecule has 0 saturated heterocycles. The maximum atomic E-state index is 6.16. The first kappa shape index (κ1) is 19.4. The molecule has 3 rings (SSSR count). The van der Waals surface area contributed by atoms with E-state index in [9.17, 15) is 0 Å². The van der Waals surface area contributed by atoms with Crippen molar-refractivity contribution in [3.05, 3.63) is 66.6 Å². The van der Waals surface area contributed by atoms with Crippen LogP contribution in [-0.4, -0.2) is 43.6 Å². The quantitative estimate of drug-likeness (QED) is 0.665. The number of pyridine rings is 1. The Morgan fingerprint density at radius 1 is 1.04 bits per heavy atom. The third-order valence-electron chi connectivity index (χ3n) is 4.66. The van der Waals surface area contributed by atoms with Gasteiger partial charge in [0.2, 0.25) is 0 Å². The lowest BCUT2D eigenvalue weighted by Crippen LogP contribution is -2.33. The van der Waals surface area contributed by atoms with Crippen LogP contribution in [-0.2, 0) is 0 Å². The molecule has 0 amide bonds. The first-order chi connectivity index (χ1) is 12.6. The summed E-state index contributed by atoms with van der Waals surface area (Å²) in [5.74, 6) is 2.80. The summed E-state index contributed by atoms with van der Waals surface area (Å²) in [6.07, 6.45) is 10.9. The minimum absolute atomic E-state index is 0.728. The van der Waals surface area contributed by atoms with Gasteiger partial charge in [-0.05, 0) is 64.0 Å². The molecule has 1 heterocycles. The van der Waals surface area contributed by atoms with Crippen molar-refractivity contribution in [2.75, 3.05) is 38.6 Å². The zero-order valence-corrected chi connectivity index (χ0v) is 16.6. The third kappa shape index (κ3) is 4.69. The van der Waals surface area contributed by atoms with Crippen LogP contribution in [0, 0.1) is 31.1 Å². The van der Waals surface area contributed by atoms with E-state index in [1.807, 2.05) is 18.3 Å². The molecule has 1 fully saturated rings. The van der Waals surface area contributed by atoms with Gasteiger partial charge in [-0.3, -0.25) is 4.98 Å². The number of aromatic nitrogens is 1. The summed E-state index contributed by atoms with van der Waals surface area (Å²) < 4.78 is 0. The van der Waals surface area contributed by atoms with Gasteiger partial charge in [-0.2, -0.15) is 0 Å². The Kier molecular flexibility index (Phi) is 6.77. The van der Waals surface area contributed by atoms with Crippen molar-refractivity contribution in [2.24, 2.45) is 0 Å². The number of rotatable bonds is 8. The highest BCUT2D eigenvalue weighted by molar-refractivity contribution is 6.31. The van der Waals surface area contributed by atoms with Crippen LogP contribution in [0.1, 0.15) is 19.8 Å². The third-order valence-corrected chi connectivity index (χ3v) is 4.89. The largest absolute Gasteiger partial charge is 0.370 e. The molecule has 0 aliphatic heterocycles. The van der Waals surface area contributed by atoms with E-state index in [-0.39, 0.29) is 0 Å². The van der Waals surface area contributed by atoms with Crippen LogP contribution in [0.4, 0.5) is 5.69 Å². The highest BCUT2D eigenvalue weighted by Crippen LogP contribution is 2.36. The molecule has 0 N–H and O–H groups in total. The molecule has 1 aliphatic carbocycles. The number of fused-ring (bicyclic) bond motifs is 1. The summed E-state index contributed by atoms with van der Waals surface area (Å²) in [6.45, 7) is 5.15. The van der Waals surface area contributed by atoms with E-state index < -0.39 is 0 Å². The smallest absolute Gasteiger partial charge is 0.0737 e. The van der Waals surface area contributed by atoms with E-state index in [1.165, 1.54) is 30.4 Å². The van der Waals surface area contributed by atoms with Crippen molar-refractivity contribution < 1.29 is 0 Å². The SMILES string of the molecule is CCCCN(C[C]1[CH][CH][CH][C]1CN(C)C)c1ccnc2cc(Cl)ccc12. The van der Waals surface area contributed by atoms with Crippen molar-refractivity contribution >= 4 is 28.2 Å². The van der Waals surface area contributed by atoms with Crippen LogP contribution in [0.2, 0.25) is 5.02 Å². The minimum Gasteiger partial charge on any atom is -0.370 e. The maximum Gasteiger partial charge on any atom is 0.0737 e. The molecule has 0 spiro atoms. The molecule has 0 bridgehead atoms. The fourth-order valence-electron chi connectivity index (χ4n) is 3.36. The summed E-state index contributed by atoms with van der Waals surface area (Å²) in [7, 11) is 4.23. The lowest BCUT2D eigenvalue weighted by atomic mass is 9.94. The van der Waals surface area contributed by atoms with Crippen molar-refractivity contribution in [3.8, 4) is 0 Å². The highest BCUT2D eigenvalue weighted by atomic mass is 35.5. The van der Waals surface area contributed by atoms with E-state index in [4.69, 9.17) is 11.6 Å². The molecule has 1 saturated carbocycles. The second kappa shape index (κ2) is 9.05. The molecule has 26 heavy (non-hydrogen) atoms. The van der Waals surface area contributed by atoms with Gasteiger partial charge in [0.1, 0.15) is 0 Å². The van der Waals surface area contributed by atoms with Gasteiger partial charge in [0, 0.05) is 53.8 Å². The average Bonchev–Trinajstić information content (AvgIpc) is 3.03. The van der Waals surface area contributed by atoms with Crippen LogP contribution in [0.5, 0.6) is 0 Å². The Balaban J connectivity index is 1.86. The molecule has 5 radical (unpaired) electrons. The first-order valence-electron chi connectivity index (χ1n) is 9.26. The molecule has 4 heteroatoms. The van der Waals surface area contributed by atoms with Gasteiger partial charge in [-0.25, -0.2) is 0 Å². The number of anilines is 1. The Morgan fingerprint density at radius 2 is 1.81 bits per heavy atom. The van der Waals surface area contributed by atoms with Gasteiger partial charge in [0.15, 0.2) is 0 Å². The zero-order chi connectivity index (χ0) is 18.5. The van der Waals surface area contributed by atoms with Gasteiger partial charge in [-0.15, -0.1) is 0 Å². The first-order valence-corrected chi connectivity index (χ1v) is 9.63. The van der Waals surface area contributed by atoms with Crippen molar-refractivity contribution in [1.82, 2.24) is 9.88 Å². The van der Waals surface area contributed by atoms with Crippen LogP contribution >= 0.6 is 11.6 Å². The maximum absolute atomic E-state index is 6.16. The Bertz CT molecular complexity index is 716. The second-order valence-electron chi connectivity index (χ2n) is 7.08. The second-order valence-corrected chi connectivity index (χ2v) is 7.52. The van der Waals surface area contributed by atoms with Crippen LogP contribution in [0.25, 0.3) is 10.9 Å². The van der Waals surface area contributed by atoms with E-state index in [1.54, 1.807) is 0 Å². The average molecular weight is 369 g/mol. The molecule has 1 aliphatic rings. The lowest BCUT2D eigenvalue weighted by molar-refractivity contribution is 0.426. The van der Waals surface area contributed by atoms with E-state index >= 15 is 0 Å². The minimum atomic E-state index is 0.728. The van der Waals surface area contributed by atoms with Crippen LogP contribution in [0.15, 0.2) is 30.5 Å². The molecular weight excluding hydrogens is 342 g/mol. The topological polar surface area (TPSA) is 19.4 Å². The fourth-order valence-corrected chi connectivity index (χ4v) is 3.53. The van der Waals surface area contributed by atoms with Crippen molar-refractivity contribution in [1.29, 1.82) is 0 Å². The monoisotopic (exact) mass is 368 g/mol. The Morgan fingerprint density at radius 3 is 2.54 bits per heavy atom. The number of benzene rings is 1. The highest BCUT2D eigenvalue weighted by Gasteiger charge is 2.31. The summed E-state index contributed by atoms with van der Waals surface area (Å²) in [4.78, 5) is 9.20. The van der Waals surface area contributed by atoms with Gasteiger partial charge >= 0.3 is 0 Å². The Hall–Kier alpha value is -1.32. The predicted octanol–water partition coefficient (Wildman–Crippen LogP) is 4.83. The zero-order valence-electron chi connectivity index (χ0n) is 15.9. The molecule has 0 unspecified atom stereocenters. The molecular formula is C22H27ClN3. The molecule has 137 valence electrons. The standard InChI is InChI=1S/C22H27ClN3/c1-4-5-13-26(16-18-8-6-7-17(18)15-25(2)3)22-11-12-24-21-14-19(23)9-10-20(21)22/h6-12,14H,4-5,13,15-16H2,1-3H3. The van der Waals surface area contributed by atoms with Crippen LogP contribution < -0.4 is 4.90 Å². The summed E-state index contributed by atoms with van der Waals surface area (Å²) in [5, 5.41) is 1.89. The summed E-state index contributed by atoms with van der Waals surface area (Å²) in [6, 6.07) is 8.11. The number of halogens is 1. The molecule has 0 atom stereocenters. The molecule has 2 aromatic rings. The summed E-state index contributed by atoms with van der Waals surface area (Å²) >= 11 is 6.16. The van der Waals surface area contributed by atoms with E-state index in [0.29, 0.717) is 0 Å². The number of hydrogen-bond acceptors (Lipinski definition) is 3. The van der Waals surface area contributed by atoms with Gasteiger partial charge < -0.3 is 9.80 Å². The van der Waals surface area contributed by atoms with Gasteiger partial charge in [0.05, 0.1) is 5.52 Å². The molecule has 3 nitrogen and oxygen atoms in total. The fraction of sp³-hybridized carbons (Fsp3) is 0.364. The molecule has 1 aromatic heterocycles. The number of hydrogen-bond donors (Lipinski definition) is 0. The van der Waals surface area contributed by atoms with Crippen molar-refractivity contribution in [2.45, 2.75) is 19.8 Å². The van der Waals surface area contributed by atoms with Crippen molar-refractivity contribution in [3.63, 3.8) is 0 Å². The lowest BCUT2D eigenvalue weighted by Gasteiger charge is -2.31. The van der Waals surface area contributed by atoms with E-state index in [0.717, 1.165) is 35.6 Å². The number of nitrogens with zero attached hydrogens (tertiary/aromatic N) is 3. The van der Waals surface area contributed by atoms with Gasteiger partial charge in [0.25, 0.3) is 0 Å². The predicted molar refractivity (Wildman–Crippen MR) is 112 cm³/mol. The van der Waals surface area contributed by atoms with E-state index in [2.05, 4.69) is 67.2 Å². The van der Waals surface area contributed by atoms with Crippen LogP contribution in [0.3, 0.4) is 0 Å². The number of unbranched alkanes of at least 4 members (excludes halogenated alkanes) is 1.